The maximum absolute atomic E-state index is 13.3. The van der Waals surface area contributed by atoms with Gasteiger partial charge in [-0.15, -0.1) is 0 Å². The van der Waals surface area contributed by atoms with Crippen LogP contribution >= 0.6 is 0 Å². The number of fused-ring (bicyclic) bond motifs is 1. The molecule has 1 amide bonds. The summed E-state index contributed by atoms with van der Waals surface area (Å²) in [6, 6.07) is 3.47. The Balaban J connectivity index is 1.89. The molecule has 0 spiro atoms. The number of benzene rings is 1. The SMILES string of the molecule is Cc1ccc(O)c(C)c1-c1cn2nc(C(C)C)nc2c(C(=O)NCc2cnn(C)c2)c1N. The average Bonchev–Trinajstić information content (AvgIpc) is 3.35. The van der Waals surface area contributed by atoms with Crippen LogP contribution in [0.2, 0.25) is 0 Å². The van der Waals surface area contributed by atoms with Gasteiger partial charge in [0, 0.05) is 43.0 Å². The van der Waals surface area contributed by atoms with Crippen molar-refractivity contribution in [3.8, 4) is 16.9 Å². The number of hydrogen-bond acceptors (Lipinski definition) is 6. The molecule has 0 aliphatic rings. The number of aromatic hydroxyl groups is 1. The number of anilines is 1. The second-order valence-corrected chi connectivity index (χ2v) is 8.33. The number of phenolic OH excluding ortho intramolecular Hbond substituents is 1. The number of hydrogen-bond donors (Lipinski definition) is 3. The van der Waals surface area contributed by atoms with Gasteiger partial charge in [-0.2, -0.15) is 10.2 Å². The van der Waals surface area contributed by atoms with E-state index in [1.165, 1.54) is 0 Å². The summed E-state index contributed by atoms with van der Waals surface area (Å²) in [5, 5.41) is 21.9. The highest BCUT2D eigenvalue weighted by Gasteiger charge is 2.24. The van der Waals surface area contributed by atoms with Gasteiger partial charge in [-0.25, -0.2) is 9.50 Å². The minimum Gasteiger partial charge on any atom is -0.508 e. The lowest BCUT2D eigenvalue weighted by molar-refractivity contribution is 0.0953. The highest BCUT2D eigenvalue weighted by atomic mass is 16.3. The molecule has 32 heavy (non-hydrogen) atoms. The number of aryl methyl sites for hydroxylation is 2. The minimum atomic E-state index is -0.351. The van der Waals surface area contributed by atoms with Crippen LogP contribution in [0, 0.1) is 13.8 Å². The summed E-state index contributed by atoms with van der Waals surface area (Å²) in [7, 11) is 1.82. The van der Waals surface area contributed by atoms with Crippen LogP contribution in [0.25, 0.3) is 16.8 Å². The number of phenols is 1. The van der Waals surface area contributed by atoms with Gasteiger partial charge in [-0.3, -0.25) is 9.48 Å². The van der Waals surface area contributed by atoms with E-state index in [-0.39, 0.29) is 23.1 Å². The lowest BCUT2D eigenvalue weighted by Gasteiger charge is -2.17. The molecule has 0 radical (unpaired) electrons. The van der Waals surface area contributed by atoms with Crippen molar-refractivity contribution in [2.24, 2.45) is 7.05 Å². The number of nitrogens with two attached hydrogens (primary N) is 1. The second kappa shape index (κ2) is 7.99. The topological polar surface area (TPSA) is 123 Å². The van der Waals surface area contributed by atoms with Crippen molar-refractivity contribution in [2.75, 3.05) is 5.73 Å². The highest BCUT2D eigenvalue weighted by Crippen LogP contribution is 2.38. The molecule has 0 saturated heterocycles. The van der Waals surface area contributed by atoms with Crippen LogP contribution in [0.15, 0.2) is 30.7 Å². The zero-order valence-corrected chi connectivity index (χ0v) is 18.8. The molecule has 0 fully saturated rings. The van der Waals surface area contributed by atoms with Gasteiger partial charge in [0.2, 0.25) is 0 Å². The number of amides is 1. The maximum atomic E-state index is 13.3. The molecule has 0 saturated carbocycles. The van der Waals surface area contributed by atoms with Crippen molar-refractivity contribution < 1.29 is 9.90 Å². The quantitative estimate of drug-likeness (QED) is 0.444. The van der Waals surface area contributed by atoms with Crippen molar-refractivity contribution >= 4 is 17.2 Å². The first-order chi connectivity index (χ1) is 15.2. The van der Waals surface area contributed by atoms with Gasteiger partial charge in [0.1, 0.15) is 11.3 Å². The molecule has 9 nitrogen and oxygen atoms in total. The van der Waals surface area contributed by atoms with E-state index in [1.54, 1.807) is 27.7 Å². The van der Waals surface area contributed by atoms with E-state index in [0.29, 0.717) is 34.8 Å². The van der Waals surface area contributed by atoms with Crippen molar-refractivity contribution in [1.29, 1.82) is 0 Å². The van der Waals surface area contributed by atoms with Crippen molar-refractivity contribution in [2.45, 2.75) is 40.2 Å². The third kappa shape index (κ3) is 3.66. The van der Waals surface area contributed by atoms with E-state index in [0.717, 1.165) is 16.7 Å². The van der Waals surface area contributed by atoms with Crippen LogP contribution < -0.4 is 11.1 Å². The Kier molecular flexibility index (Phi) is 5.33. The van der Waals surface area contributed by atoms with Gasteiger partial charge in [-0.1, -0.05) is 19.9 Å². The summed E-state index contributed by atoms with van der Waals surface area (Å²) in [5.74, 6) is 0.507. The predicted octanol–water partition coefficient (Wildman–Crippen LogP) is 3.09. The molecular formula is C23H27N7O2. The first kappa shape index (κ1) is 21.4. The number of carbonyl (C=O) groups excluding carboxylic acids is 1. The number of aromatic nitrogens is 5. The first-order valence-corrected chi connectivity index (χ1v) is 10.4. The summed E-state index contributed by atoms with van der Waals surface area (Å²) < 4.78 is 3.28. The van der Waals surface area contributed by atoms with Gasteiger partial charge in [0.25, 0.3) is 5.91 Å². The lowest BCUT2D eigenvalue weighted by atomic mass is 9.93. The molecule has 0 aliphatic carbocycles. The van der Waals surface area contributed by atoms with Gasteiger partial charge in [-0.05, 0) is 36.6 Å². The zero-order valence-electron chi connectivity index (χ0n) is 18.8. The molecule has 1 aromatic carbocycles. The highest BCUT2D eigenvalue weighted by molar-refractivity contribution is 6.08. The predicted molar refractivity (Wildman–Crippen MR) is 122 cm³/mol. The molecule has 0 aliphatic heterocycles. The molecule has 4 aromatic rings. The van der Waals surface area contributed by atoms with Crippen LogP contribution in [0.3, 0.4) is 0 Å². The van der Waals surface area contributed by atoms with Gasteiger partial charge in [0.15, 0.2) is 11.5 Å². The third-order valence-electron chi connectivity index (χ3n) is 5.55. The van der Waals surface area contributed by atoms with Gasteiger partial charge >= 0.3 is 0 Å². The lowest BCUT2D eigenvalue weighted by Crippen LogP contribution is -2.25. The van der Waals surface area contributed by atoms with Gasteiger partial charge in [0.05, 0.1) is 11.9 Å². The van der Waals surface area contributed by atoms with Gasteiger partial charge < -0.3 is 16.2 Å². The van der Waals surface area contributed by atoms with Crippen LogP contribution in [0.1, 0.15) is 52.6 Å². The summed E-state index contributed by atoms with van der Waals surface area (Å²) in [6.45, 7) is 8.05. The van der Waals surface area contributed by atoms with E-state index < -0.39 is 0 Å². The number of nitrogens with zero attached hydrogens (tertiary/aromatic N) is 5. The minimum absolute atomic E-state index is 0.0788. The Morgan fingerprint density at radius 1 is 1.25 bits per heavy atom. The second-order valence-electron chi connectivity index (χ2n) is 8.33. The fourth-order valence-corrected chi connectivity index (χ4v) is 3.80. The molecule has 0 bridgehead atoms. The van der Waals surface area contributed by atoms with E-state index >= 15 is 0 Å². The molecule has 0 atom stereocenters. The monoisotopic (exact) mass is 433 g/mol. The van der Waals surface area contributed by atoms with Crippen LogP contribution in [0.4, 0.5) is 5.69 Å². The summed E-state index contributed by atoms with van der Waals surface area (Å²) >= 11 is 0. The summed E-state index contributed by atoms with van der Waals surface area (Å²) in [5.41, 5.74) is 11.4. The molecular weight excluding hydrogens is 406 g/mol. The van der Waals surface area contributed by atoms with E-state index in [9.17, 15) is 9.90 Å². The molecule has 4 rings (SSSR count). The molecule has 9 heteroatoms. The van der Waals surface area contributed by atoms with Crippen molar-refractivity contribution in [3.63, 3.8) is 0 Å². The number of rotatable bonds is 5. The number of nitrogens with one attached hydrogen (secondary N) is 1. The fourth-order valence-electron chi connectivity index (χ4n) is 3.80. The average molecular weight is 434 g/mol. The summed E-state index contributed by atoms with van der Waals surface area (Å²) in [4.78, 5) is 17.9. The Bertz CT molecular complexity index is 1330. The largest absolute Gasteiger partial charge is 0.508 e. The normalized spacial score (nSPS) is 11.4. The van der Waals surface area contributed by atoms with Crippen LogP contribution in [-0.2, 0) is 13.6 Å². The van der Waals surface area contributed by atoms with Crippen LogP contribution in [-0.4, -0.2) is 35.4 Å². The maximum Gasteiger partial charge on any atom is 0.257 e. The Labute approximate surface area is 185 Å². The smallest absolute Gasteiger partial charge is 0.257 e. The Hall–Kier alpha value is -3.88. The molecule has 3 heterocycles. The van der Waals surface area contributed by atoms with Crippen molar-refractivity contribution in [1.82, 2.24) is 29.7 Å². The fraction of sp³-hybridized carbons (Fsp3) is 0.304. The van der Waals surface area contributed by atoms with E-state index in [1.807, 2.05) is 47.0 Å². The van der Waals surface area contributed by atoms with E-state index in [4.69, 9.17) is 5.73 Å². The molecule has 166 valence electrons. The number of pyridine rings is 1. The van der Waals surface area contributed by atoms with Crippen LogP contribution in [0.5, 0.6) is 5.75 Å². The van der Waals surface area contributed by atoms with Crippen molar-refractivity contribution in [3.05, 3.63) is 58.8 Å². The standard InChI is InChI=1S/C23H27N7O2/c1-12(2)21-27-22-19(23(32)25-8-15-9-26-29(5)10-15)20(24)16(11-30(22)28-21)18-13(3)6-7-17(31)14(18)4/h6-7,9-12,31H,8,24H2,1-5H3,(H,25,32). The molecule has 3 aromatic heterocycles. The molecule has 0 unspecified atom stereocenters. The Morgan fingerprint density at radius 2 is 2.00 bits per heavy atom. The zero-order chi connectivity index (χ0) is 23.2. The number of carbonyl (C=O) groups is 1. The summed E-state index contributed by atoms with van der Waals surface area (Å²) in [6.07, 6.45) is 5.31. The third-order valence-corrected chi connectivity index (χ3v) is 5.55. The van der Waals surface area contributed by atoms with E-state index in [2.05, 4.69) is 20.5 Å². The Morgan fingerprint density at radius 3 is 2.66 bits per heavy atom. The molecule has 4 N–H and O–H groups in total. The first-order valence-electron chi connectivity index (χ1n) is 10.4. The number of nitrogen functional groups attached to an aromatic ring is 1.